The predicted octanol–water partition coefficient (Wildman–Crippen LogP) is 7.73. The highest BCUT2D eigenvalue weighted by Gasteiger charge is 2.36. The number of hydrogen-bond donors (Lipinski definition) is 0. The maximum atomic E-state index is 13.9. The van der Waals surface area contributed by atoms with Gasteiger partial charge in [0, 0.05) is 36.4 Å². The van der Waals surface area contributed by atoms with Gasteiger partial charge in [-0.1, -0.05) is 61.4 Å². The fourth-order valence-corrected chi connectivity index (χ4v) is 6.36. The van der Waals surface area contributed by atoms with Crippen LogP contribution in [0.2, 0.25) is 0 Å². The first-order valence-electron chi connectivity index (χ1n) is 13.8. The first-order chi connectivity index (χ1) is 18.8. The number of benzene rings is 3. The average molecular weight is 537 g/mol. The Hall–Kier alpha value is -3.32. The fraction of sp³-hybridized carbons (Fsp3) is 0.406. The fourth-order valence-electron chi connectivity index (χ4n) is 6.36. The summed E-state index contributed by atoms with van der Waals surface area (Å²) < 4.78 is 42.2. The van der Waals surface area contributed by atoms with E-state index in [4.69, 9.17) is 0 Å². The molecule has 4 nitrogen and oxygen atoms in total. The number of piperidine rings is 1. The van der Waals surface area contributed by atoms with Crippen LogP contribution in [0.1, 0.15) is 65.9 Å². The molecule has 3 aromatic carbocycles. The molecule has 1 aliphatic heterocycles. The quantitative estimate of drug-likeness (QED) is 0.323. The molecule has 1 amide bonds. The smallest absolute Gasteiger partial charge is 0.406 e. The van der Waals surface area contributed by atoms with E-state index in [-0.39, 0.29) is 17.7 Å². The van der Waals surface area contributed by atoms with Crippen LogP contribution in [0.3, 0.4) is 0 Å². The molecule has 1 saturated carbocycles. The Labute approximate surface area is 228 Å². The predicted molar refractivity (Wildman–Crippen MR) is 147 cm³/mol. The van der Waals surface area contributed by atoms with Crippen molar-refractivity contribution in [2.24, 2.45) is 0 Å². The van der Waals surface area contributed by atoms with E-state index in [1.165, 1.54) is 43.4 Å². The third-order valence-electron chi connectivity index (χ3n) is 8.23. The second kappa shape index (κ2) is 11.8. The first kappa shape index (κ1) is 27.3. The molecule has 1 aliphatic carbocycles. The highest BCUT2D eigenvalue weighted by atomic mass is 19.4. The van der Waals surface area contributed by atoms with Gasteiger partial charge >= 0.3 is 6.36 Å². The number of halogens is 3. The number of carbonyl (C=O) groups is 1. The lowest BCUT2D eigenvalue weighted by molar-refractivity contribution is -0.274. The molecule has 5 rings (SSSR count). The normalized spacial score (nSPS) is 20.9. The lowest BCUT2D eigenvalue weighted by Gasteiger charge is -2.45. The van der Waals surface area contributed by atoms with E-state index in [9.17, 15) is 18.0 Å². The van der Waals surface area contributed by atoms with Gasteiger partial charge in [-0.15, -0.1) is 13.2 Å². The van der Waals surface area contributed by atoms with Crippen molar-refractivity contribution in [1.82, 2.24) is 4.90 Å². The van der Waals surface area contributed by atoms with Crippen LogP contribution in [-0.4, -0.2) is 42.3 Å². The molecule has 0 aromatic heterocycles. The molecule has 2 fully saturated rings. The molecule has 206 valence electrons. The van der Waals surface area contributed by atoms with Crippen molar-refractivity contribution in [2.75, 3.05) is 18.0 Å². The Kier molecular flexibility index (Phi) is 8.26. The molecule has 0 N–H and O–H groups in total. The number of rotatable bonds is 6. The van der Waals surface area contributed by atoms with E-state index in [0.717, 1.165) is 31.5 Å². The van der Waals surface area contributed by atoms with Gasteiger partial charge in [-0.05, 0) is 80.0 Å². The largest absolute Gasteiger partial charge is 0.573 e. The number of nitrogens with zero attached hydrogens (tertiary/aromatic N) is 2. The Morgan fingerprint density at radius 2 is 1.49 bits per heavy atom. The number of ether oxygens (including phenoxy) is 1. The first-order valence-corrected chi connectivity index (χ1v) is 13.8. The van der Waals surface area contributed by atoms with Crippen molar-refractivity contribution in [3.63, 3.8) is 0 Å². The monoisotopic (exact) mass is 536 g/mol. The second-order valence-corrected chi connectivity index (χ2v) is 10.7. The maximum absolute atomic E-state index is 13.9. The van der Waals surface area contributed by atoms with Crippen molar-refractivity contribution in [3.8, 4) is 5.75 Å². The second-order valence-electron chi connectivity index (χ2n) is 10.7. The summed E-state index contributed by atoms with van der Waals surface area (Å²) in [5.41, 5.74) is 3.46. The molecular formula is C32H35F3N2O2. The zero-order valence-corrected chi connectivity index (χ0v) is 22.2. The molecule has 0 bridgehead atoms. The van der Waals surface area contributed by atoms with Crippen molar-refractivity contribution >= 4 is 11.6 Å². The minimum atomic E-state index is -4.76. The van der Waals surface area contributed by atoms with E-state index in [0.29, 0.717) is 23.2 Å². The molecule has 2 aliphatic rings. The van der Waals surface area contributed by atoms with Crippen LogP contribution in [0.15, 0.2) is 78.9 Å². The van der Waals surface area contributed by atoms with Gasteiger partial charge in [0.15, 0.2) is 0 Å². The Balaban J connectivity index is 1.36. The van der Waals surface area contributed by atoms with Gasteiger partial charge < -0.3 is 9.64 Å². The number of alkyl halides is 3. The zero-order valence-electron chi connectivity index (χ0n) is 22.2. The standard InChI is InChI=1S/C32H35F3N2O2/c1-23-9-5-6-12-28(23)31(38)37(25-15-17-27(18-16-25)39-32(33,34)35)26-19-21-36(22-20-26)30-14-8-7-13-29(30)24-10-3-2-4-11-24/h2-6,9-12,15-18,26,29-30H,7-8,13-14,19-22H2,1H3/t29-,30-/m1/s1. The van der Waals surface area contributed by atoms with Gasteiger partial charge in [0.2, 0.25) is 0 Å². The SMILES string of the molecule is Cc1ccccc1C(=O)N(c1ccc(OC(F)(F)F)cc1)C1CCN([C@@H]2CCCC[C@@H]2c2ccccc2)CC1. The Bertz CT molecular complexity index is 1240. The summed E-state index contributed by atoms with van der Waals surface area (Å²) in [6.45, 7) is 3.66. The molecule has 1 heterocycles. The van der Waals surface area contributed by atoms with E-state index in [2.05, 4.69) is 40.0 Å². The van der Waals surface area contributed by atoms with E-state index in [1.54, 1.807) is 17.0 Å². The minimum Gasteiger partial charge on any atom is -0.406 e. The number of carbonyl (C=O) groups excluding carboxylic acids is 1. The van der Waals surface area contributed by atoms with Crippen LogP contribution in [-0.2, 0) is 0 Å². The van der Waals surface area contributed by atoms with Gasteiger partial charge in [0.05, 0.1) is 0 Å². The highest BCUT2D eigenvalue weighted by Crippen LogP contribution is 2.38. The summed E-state index contributed by atoms with van der Waals surface area (Å²) in [6, 6.07) is 24.3. The van der Waals surface area contributed by atoms with Crippen LogP contribution in [0, 0.1) is 6.92 Å². The summed E-state index contributed by atoms with van der Waals surface area (Å²) in [5.74, 6) is 0.0897. The van der Waals surface area contributed by atoms with Crippen LogP contribution in [0.5, 0.6) is 5.75 Å². The molecule has 39 heavy (non-hydrogen) atoms. The third kappa shape index (κ3) is 6.47. The molecule has 2 atom stereocenters. The summed E-state index contributed by atoms with van der Waals surface area (Å²) in [4.78, 5) is 18.3. The molecule has 0 unspecified atom stereocenters. The van der Waals surface area contributed by atoms with Crippen LogP contribution in [0.4, 0.5) is 18.9 Å². The summed E-state index contributed by atoms with van der Waals surface area (Å²) >= 11 is 0. The highest BCUT2D eigenvalue weighted by molar-refractivity contribution is 6.07. The molecule has 1 saturated heterocycles. The van der Waals surface area contributed by atoms with Crippen molar-refractivity contribution in [2.45, 2.75) is 69.8 Å². The Morgan fingerprint density at radius 1 is 0.846 bits per heavy atom. The number of likely N-dealkylation sites (tertiary alicyclic amines) is 1. The number of aryl methyl sites for hydroxylation is 1. The topological polar surface area (TPSA) is 32.8 Å². The molecule has 7 heteroatoms. The maximum Gasteiger partial charge on any atom is 0.573 e. The number of anilines is 1. The molecule has 0 radical (unpaired) electrons. The number of hydrogen-bond acceptors (Lipinski definition) is 3. The lowest BCUT2D eigenvalue weighted by atomic mass is 9.78. The summed E-state index contributed by atoms with van der Waals surface area (Å²) in [6.07, 6.45) is 1.70. The van der Waals surface area contributed by atoms with Crippen LogP contribution in [0.25, 0.3) is 0 Å². The number of amides is 1. The van der Waals surface area contributed by atoms with Crippen LogP contribution < -0.4 is 9.64 Å². The summed E-state index contributed by atoms with van der Waals surface area (Å²) in [7, 11) is 0. The zero-order chi connectivity index (χ0) is 27.4. The molecule has 0 spiro atoms. The van der Waals surface area contributed by atoms with Crippen molar-refractivity contribution < 1.29 is 22.7 Å². The molecule has 3 aromatic rings. The van der Waals surface area contributed by atoms with Gasteiger partial charge in [-0.2, -0.15) is 0 Å². The average Bonchev–Trinajstić information content (AvgIpc) is 2.94. The van der Waals surface area contributed by atoms with E-state index >= 15 is 0 Å². The van der Waals surface area contributed by atoms with E-state index < -0.39 is 6.36 Å². The van der Waals surface area contributed by atoms with E-state index in [1.807, 2.05) is 31.2 Å². The van der Waals surface area contributed by atoms with Crippen molar-refractivity contribution in [1.29, 1.82) is 0 Å². The van der Waals surface area contributed by atoms with Gasteiger partial charge in [0.25, 0.3) is 5.91 Å². The van der Waals surface area contributed by atoms with Crippen LogP contribution >= 0.6 is 0 Å². The van der Waals surface area contributed by atoms with Crippen molar-refractivity contribution in [3.05, 3.63) is 95.6 Å². The third-order valence-corrected chi connectivity index (χ3v) is 8.23. The minimum absolute atomic E-state index is 0.0542. The van der Waals surface area contributed by atoms with Gasteiger partial charge in [-0.3, -0.25) is 9.69 Å². The lowest BCUT2D eigenvalue weighted by Crippen LogP contribution is -2.51. The van der Waals surface area contributed by atoms with Gasteiger partial charge in [0.1, 0.15) is 5.75 Å². The van der Waals surface area contributed by atoms with Gasteiger partial charge in [-0.25, -0.2) is 0 Å². The Morgan fingerprint density at radius 3 is 2.15 bits per heavy atom. The summed E-state index contributed by atoms with van der Waals surface area (Å²) in [5, 5.41) is 0. The molecular weight excluding hydrogens is 501 g/mol.